The van der Waals surface area contributed by atoms with E-state index < -0.39 is 23.8 Å². The molecule has 2 rings (SSSR count). The van der Waals surface area contributed by atoms with E-state index in [2.05, 4.69) is 12.2 Å². The number of carbonyl (C=O) groups is 1. The van der Waals surface area contributed by atoms with Crippen molar-refractivity contribution < 1.29 is 22.7 Å². The van der Waals surface area contributed by atoms with Gasteiger partial charge in [0.2, 0.25) is 0 Å². The summed E-state index contributed by atoms with van der Waals surface area (Å²) >= 11 is 0. The first-order chi connectivity index (χ1) is 11.8. The van der Waals surface area contributed by atoms with Gasteiger partial charge in [-0.05, 0) is 49.2 Å². The van der Waals surface area contributed by atoms with Crippen molar-refractivity contribution in [2.24, 2.45) is 0 Å². The number of ether oxygens (including phenoxy) is 1. The van der Waals surface area contributed by atoms with Crippen LogP contribution in [0.2, 0.25) is 0 Å². The number of rotatable bonds is 6. The molecule has 2 aromatic carbocycles. The number of halogens is 3. The minimum absolute atomic E-state index is 0.0774. The van der Waals surface area contributed by atoms with Crippen molar-refractivity contribution in [3.63, 3.8) is 0 Å². The minimum atomic E-state index is -4.46. The molecule has 6 heteroatoms. The number of carbonyl (C=O) groups excluding carboxylic acids is 1. The van der Waals surface area contributed by atoms with E-state index in [0.717, 1.165) is 25.0 Å². The highest BCUT2D eigenvalue weighted by Gasteiger charge is 2.30. The molecule has 1 atom stereocenters. The Hall–Kier alpha value is -2.50. The molecule has 0 bridgehead atoms. The lowest BCUT2D eigenvalue weighted by Crippen LogP contribution is -2.30. The zero-order valence-corrected chi connectivity index (χ0v) is 14.1. The topological polar surface area (TPSA) is 38.3 Å². The van der Waals surface area contributed by atoms with Gasteiger partial charge in [-0.2, -0.15) is 13.2 Å². The summed E-state index contributed by atoms with van der Waals surface area (Å²) in [5, 5.41) is 2.44. The highest BCUT2D eigenvalue weighted by atomic mass is 19.4. The fraction of sp³-hybridized carbons (Fsp3) is 0.316. The van der Waals surface area contributed by atoms with Crippen molar-refractivity contribution in [3.05, 3.63) is 59.7 Å². The van der Waals surface area contributed by atoms with Gasteiger partial charge in [0.1, 0.15) is 5.75 Å². The number of benzene rings is 2. The smallest absolute Gasteiger partial charge is 0.416 e. The number of hydrogen-bond donors (Lipinski definition) is 1. The molecule has 1 N–H and O–H groups in total. The highest BCUT2D eigenvalue weighted by molar-refractivity contribution is 5.94. The van der Waals surface area contributed by atoms with Crippen molar-refractivity contribution in [1.82, 2.24) is 0 Å². The van der Waals surface area contributed by atoms with E-state index in [9.17, 15) is 18.0 Å². The summed E-state index contributed by atoms with van der Waals surface area (Å²) in [7, 11) is 0. The molecule has 0 aliphatic rings. The fourth-order valence-corrected chi connectivity index (χ4v) is 2.30. The molecule has 25 heavy (non-hydrogen) atoms. The van der Waals surface area contributed by atoms with Crippen LogP contribution in [0, 0.1) is 0 Å². The molecule has 0 aliphatic carbocycles. The molecule has 0 radical (unpaired) electrons. The van der Waals surface area contributed by atoms with Gasteiger partial charge in [-0.3, -0.25) is 4.79 Å². The Labute approximate surface area is 144 Å². The van der Waals surface area contributed by atoms with Gasteiger partial charge in [0, 0.05) is 5.69 Å². The van der Waals surface area contributed by atoms with Crippen molar-refractivity contribution in [1.29, 1.82) is 0 Å². The molecule has 0 spiro atoms. The zero-order chi connectivity index (χ0) is 18.4. The van der Waals surface area contributed by atoms with Crippen LogP contribution in [-0.4, -0.2) is 12.0 Å². The first kappa shape index (κ1) is 18.8. The summed E-state index contributed by atoms with van der Waals surface area (Å²) in [6.45, 7) is 3.63. The molecule has 0 heterocycles. The fourth-order valence-electron chi connectivity index (χ4n) is 2.30. The predicted molar refractivity (Wildman–Crippen MR) is 90.6 cm³/mol. The van der Waals surface area contributed by atoms with Crippen LogP contribution >= 0.6 is 0 Å². The number of anilines is 1. The number of hydrogen-bond acceptors (Lipinski definition) is 2. The van der Waals surface area contributed by atoms with Gasteiger partial charge >= 0.3 is 6.18 Å². The minimum Gasteiger partial charge on any atom is -0.481 e. The maximum Gasteiger partial charge on any atom is 0.416 e. The van der Waals surface area contributed by atoms with Gasteiger partial charge < -0.3 is 10.1 Å². The molecule has 0 fully saturated rings. The number of amides is 1. The second kappa shape index (κ2) is 8.05. The summed E-state index contributed by atoms with van der Waals surface area (Å²) in [5.41, 5.74) is 0.440. The third-order valence-corrected chi connectivity index (χ3v) is 3.60. The van der Waals surface area contributed by atoms with E-state index in [1.165, 1.54) is 17.7 Å². The molecule has 3 nitrogen and oxygen atoms in total. The van der Waals surface area contributed by atoms with Crippen LogP contribution in [0.3, 0.4) is 0 Å². The van der Waals surface area contributed by atoms with E-state index in [0.29, 0.717) is 5.75 Å². The number of nitrogens with one attached hydrogen (secondary N) is 1. The molecular formula is C19H20F3NO2. The van der Waals surface area contributed by atoms with Crippen LogP contribution in [0.25, 0.3) is 0 Å². The summed E-state index contributed by atoms with van der Waals surface area (Å²) in [6, 6.07) is 11.9. The first-order valence-corrected chi connectivity index (χ1v) is 8.03. The zero-order valence-electron chi connectivity index (χ0n) is 14.1. The second-order valence-electron chi connectivity index (χ2n) is 5.72. The van der Waals surface area contributed by atoms with Gasteiger partial charge in [0.05, 0.1) is 5.56 Å². The predicted octanol–water partition coefficient (Wildman–Crippen LogP) is 5.06. The molecule has 0 aliphatic heterocycles. The normalized spacial score (nSPS) is 12.5. The lowest BCUT2D eigenvalue weighted by Gasteiger charge is -2.16. The quantitative estimate of drug-likeness (QED) is 0.790. The van der Waals surface area contributed by atoms with Crippen LogP contribution in [0.4, 0.5) is 18.9 Å². The molecule has 2 aromatic rings. The van der Waals surface area contributed by atoms with Gasteiger partial charge in [0.25, 0.3) is 5.91 Å². The largest absolute Gasteiger partial charge is 0.481 e. The van der Waals surface area contributed by atoms with Gasteiger partial charge in [-0.1, -0.05) is 31.5 Å². The first-order valence-electron chi connectivity index (χ1n) is 8.03. The average molecular weight is 351 g/mol. The van der Waals surface area contributed by atoms with Crippen molar-refractivity contribution in [2.45, 2.75) is 39.0 Å². The highest BCUT2D eigenvalue weighted by Crippen LogP contribution is 2.30. The molecular weight excluding hydrogens is 331 g/mol. The third kappa shape index (κ3) is 5.52. The molecule has 0 aromatic heterocycles. The summed E-state index contributed by atoms with van der Waals surface area (Å²) in [5.74, 6) is 0.0171. The second-order valence-corrected chi connectivity index (χ2v) is 5.72. The van der Waals surface area contributed by atoms with Crippen LogP contribution in [0.1, 0.15) is 31.4 Å². The van der Waals surface area contributed by atoms with E-state index in [1.54, 1.807) is 19.1 Å². The Bertz CT molecular complexity index is 711. The van der Waals surface area contributed by atoms with E-state index in [4.69, 9.17) is 4.74 Å². The maximum atomic E-state index is 12.7. The maximum absolute atomic E-state index is 12.7. The lowest BCUT2D eigenvalue weighted by molar-refractivity contribution is -0.137. The SMILES string of the molecule is CCCc1ccc(OC(C)C(=O)Nc2cccc(C(F)(F)F)c2)cc1. The molecule has 1 amide bonds. The van der Waals surface area contributed by atoms with Gasteiger partial charge in [-0.25, -0.2) is 0 Å². The van der Waals surface area contributed by atoms with Crippen molar-refractivity contribution in [3.8, 4) is 5.75 Å². The van der Waals surface area contributed by atoms with E-state index in [-0.39, 0.29) is 5.69 Å². The number of alkyl halides is 3. The van der Waals surface area contributed by atoms with Crippen molar-refractivity contribution >= 4 is 11.6 Å². The molecule has 0 saturated heterocycles. The Morgan fingerprint density at radius 3 is 2.44 bits per heavy atom. The average Bonchev–Trinajstić information content (AvgIpc) is 2.56. The molecule has 1 unspecified atom stereocenters. The van der Waals surface area contributed by atoms with Gasteiger partial charge in [-0.15, -0.1) is 0 Å². The Morgan fingerprint density at radius 1 is 1.16 bits per heavy atom. The standard InChI is InChI=1S/C19H20F3NO2/c1-3-5-14-8-10-17(11-9-14)25-13(2)18(24)23-16-7-4-6-15(12-16)19(20,21)22/h4,6-13H,3,5H2,1-2H3,(H,23,24). The molecule has 0 saturated carbocycles. The van der Waals surface area contributed by atoms with Crippen LogP contribution in [0.15, 0.2) is 48.5 Å². The monoisotopic (exact) mass is 351 g/mol. The lowest BCUT2D eigenvalue weighted by atomic mass is 10.1. The summed E-state index contributed by atoms with van der Waals surface area (Å²) in [4.78, 5) is 12.1. The Kier molecular flexibility index (Phi) is 6.07. The van der Waals surface area contributed by atoms with Gasteiger partial charge in [0.15, 0.2) is 6.10 Å². The van der Waals surface area contributed by atoms with E-state index in [1.807, 2.05) is 12.1 Å². The Balaban J connectivity index is 1.98. The molecule has 134 valence electrons. The third-order valence-electron chi connectivity index (χ3n) is 3.60. The van der Waals surface area contributed by atoms with E-state index >= 15 is 0 Å². The summed E-state index contributed by atoms with van der Waals surface area (Å²) in [6.07, 6.45) is -3.29. The number of aryl methyl sites for hydroxylation is 1. The van der Waals surface area contributed by atoms with Crippen molar-refractivity contribution in [2.75, 3.05) is 5.32 Å². The Morgan fingerprint density at radius 2 is 1.84 bits per heavy atom. The summed E-state index contributed by atoms with van der Waals surface area (Å²) < 4.78 is 43.6. The van der Waals surface area contributed by atoms with Crippen LogP contribution < -0.4 is 10.1 Å². The van der Waals surface area contributed by atoms with Crippen LogP contribution in [0.5, 0.6) is 5.75 Å². The van der Waals surface area contributed by atoms with Crippen LogP contribution in [-0.2, 0) is 17.4 Å².